The highest BCUT2D eigenvalue weighted by molar-refractivity contribution is 7.91. The fourth-order valence-corrected chi connectivity index (χ4v) is 5.12. The summed E-state index contributed by atoms with van der Waals surface area (Å²) in [4.78, 5) is 12.2. The molecule has 0 bridgehead atoms. The summed E-state index contributed by atoms with van der Waals surface area (Å²) in [5.74, 6) is 0.0540. The van der Waals surface area contributed by atoms with Crippen molar-refractivity contribution in [2.24, 2.45) is 0 Å². The second kappa shape index (κ2) is 5.39. The highest BCUT2D eigenvalue weighted by Crippen LogP contribution is 2.23. The Bertz CT molecular complexity index is 829. The van der Waals surface area contributed by atoms with Crippen molar-refractivity contribution in [2.75, 3.05) is 11.5 Å². The number of nitrogens with one attached hydrogen (secondary N) is 1. The maximum absolute atomic E-state index is 12.2. The molecule has 1 aliphatic rings. The van der Waals surface area contributed by atoms with Gasteiger partial charge in [-0.05, 0) is 29.7 Å². The molecule has 1 amide bonds. The average Bonchev–Trinajstić information content (AvgIpc) is 2.72. The summed E-state index contributed by atoms with van der Waals surface area (Å²) in [5.41, 5.74) is 0.299. The van der Waals surface area contributed by atoms with E-state index in [2.05, 4.69) is 5.32 Å². The Labute approximate surface area is 130 Å². The number of amides is 1. The molecule has 1 saturated heterocycles. The summed E-state index contributed by atoms with van der Waals surface area (Å²) >= 11 is 0. The Morgan fingerprint density at radius 2 is 1.91 bits per heavy atom. The molecular weight excluding hydrogens is 298 g/mol. The van der Waals surface area contributed by atoms with E-state index in [1.54, 1.807) is 6.92 Å². The average molecular weight is 317 g/mol. The third-order valence-corrected chi connectivity index (χ3v) is 6.03. The van der Waals surface area contributed by atoms with Crippen molar-refractivity contribution in [3.05, 3.63) is 48.0 Å². The SMILES string of the molecule is CC1(NC(=O)Cc2ccc3ccccc3c2)CCS(=O)(=O)C1. The Kier molecular flexibility index (Phi) is 3.68. The van der Waals surface area contributed by atoms with Crippen LogP contribution in [0.3, 0.4) is 0 Å². The molecule has 0 saturated carbocycles. The minimum atomic E-state index is -3.02. The quantitative estimate of drug-likeness (QED) is 0.942. The number of fused-ring (bicyclic) bond motifs is 1. The van der Waals surface area contributed by atoms with Crippen molar-refractivity contribution in [2.45, 2.75) is 25.3 Å². The highest BCUT2D eigenvalue weighted by Gasteiger charge is 2.39. The van der Waals surface area contributed by atoms with Gasteiger partial charge in [-0.15, -0.1) is 0 Å². The van der Waals surface area contributed by atoms with Crippen molar-refractivity contribution < 1.29 is 13.2 Å². The van der Waals surface area contributed by atoms with Crippen LogP contribution < -0.4 is 5.32 Å². The van der Waals surface area contributed by atoms with Crippen molar-refractivity contribution in [1.82, 2.24) is 5.32 Å². The van der Waals surface area contributed by atoms with Gasteiger partial charge in [-0.1, -0.05) is 42.5 Å². The van der Waals surface area contributed by atoms with Crippen LogP contribution in [0.1, 0.15) is 18.9 Å². The van der Waals surface area contributed by atoms with Crippen LogP contribution >= 0.6 is 0 Å². The first kappa shape index (κ1) is 15.0. The molecule has 22 heavy (non-hydrogen) atoms. The molecule has 1 heterocycles. The molecule has 1 unspecified atom stereocenters. The summed E-state index contributed by atoms with van der Waals surface area (Å²) in [6.07, 6.45) is 0.749. The molecule has 4 nitrogen and oxygen atoms in total. The van der Waals surface area contributed by atoms with Crippen LogP contribution in [0.2, 0.25) is 0 Å². The summed E-state index contributed by atoms with van der Waals surface area (Å²) in [7, 11) is -3.02. The molecule has 0 radical (unpaired) electrons. The molecular formula is C17H19NO3S. The van der Waals surface area contributed by atoms with E-state index in [0.29, 0.717) is 6.42 Å². The van der Waals surface area contributed by atoms with E-state index in [9.17, 15) is 13.2 Å². The largest absolute Gasteiger partial charge is 0.350 e. The first-order chi connectivity index (χ1) is 10.4. The predicted octanol–water partition coefficient (Wildman–Crippen LogP) is 2.08. The number of hydrogen-bond acceptors (Lipinski definition) is 3. The highest BCUT2D eigenvalue weighted by atomic mass is 32.2. The molecule has 116 valence electrons. The van der Waals surface area contributed by atoms with Gasteiger partial charge in [-0.3, -0.25) is 4.79 Å². The molecule has 1 fully saturated rings. The Morgan fingerprint density at radius 1 is 1.18 bits per heavy atom. The van der Waals surface area contributed by atoms with E-state index in [0.717, 1.165) is 16.3 Å². The van der Waals surface area contributed by atoms with E-state index in [-0.39, 0.29) is 23.8 Å². The van der Waals surface area contributed by atoms with Crippen molar-refractivity contribution >= 4 is 26.5 Å². The Hall–Kier alpha value is -1.88. The number of sulfone groups is 1. The van der Waals surface area contributed by atoms with Gasteiger partial charge in [-0.2, -0.15) is 0 Å². The monoisotopic (exact) mass is 317 g/mol. The molecule has 5 heteroatoms. The number of benzene rings is 2. The zero-order chi connectivity index (χ0) is 15.8. The van der Waals surface area contributed by atoms with Crippen molar-refractivity contribution in [1.29, 1.82) is 0 Å². The second-order valence-electron chi connectivity index (χ2n) is 6.31. The van der Waals surface area contributed by atoms with Crippen molar-refractivity contribution in [3.63, 3.8) is 0 Å². The van der Waals surface area contributed by atoms with Crippen LogP contribution in [0.4, 0.5) is 0 Å². The predicted molar refractivity (Wildman–Crippen MR) is 87.5 cm³/mol. The van der Waals surface area contributed by atoms with Crippen LogP contribution in [-0.4, -0.2) is 31.4 Å². The lowest BCUT2D eigenvalue weighted by Crippen LogP contribution is -2.47. The maximum Gasteiger partial charge on any atom is 0.224 e. The van der Waals surface area contributed by atoms with Gasteiger partial charge < -0.3 is 5.32 Å². The molecule has 1 atom stereocenters. The summed E-state index contributed by atoms with van der Waals surface area (Å²) < 4.78 is 23.2. The zero-order valence-electron chi connectivity index (χ0n) is 12.5. The normalized spacial score (nSPS) is 23.5. The fourth-order valence-electron chi connectivity index (χ4n) is 3.02. The van der Waals surface area contributed by atoms with E-state index < -0.39 is 15.4 Å². The minimum absolute atomic E-state index is 0.0312. The molecule has 3 rings (SSSR count). The van der Waals surface area contributed by atoms with Gasteiger partial charge in [0.1, 0.15) is 0 Å². The first-order valence-corrected chi connectivity index (χ1v) is 9.17. The van der Waals surface area contributed by atoms with E-state index in [4.69, 9.17) is 0 Å². The van der Waals surface area contributed by atoms with E-state index in [1.807, 2.05) is 42.5 Å². The van der Waals surface area contributed by atoms with E-state index in [1.165, 1.54) is 0 Å². The third-order valence-electron chi connectivity index (χ3n) is 4.12. The Morgan fingerprint density at radius 3 is 2.59 bits per heavy atom. The number of carbonyl (C=O) groups is 1. The lowest BCUT2D eigenvalue weighted by Gasteiger charge is -2.23. The number of hydrogen-bond donors (Lipinski definition) is 1. The van der Waals surface area contributed by atoms with Crippen LogP contribution in [0.5, 0.6) is 0 Å². The second-order valence-corrected chi connectivity index (χ2v) is 8.49. The lowest BCUT2D eigenvalue weighted by molar-refractivity contribution is -0.121. The third kappa shape index (κ3) is 3.30. The topological polar surface area (TPSA) is 63.2 Å². The van der Waals surface area contributed by atoms with Crippen LogP contribution in [0, 0.1) is 0 Å². The molecule has 2 aromatic rings. The van der Waals surface area contributed by atoms with Gasteiger partial charge in [0.25, 0.3) is 0 Å². The molecule has 1 aliphatic heterocycles. The zero-order valence-corrected chi connectivity index (χ0v) is 13.3. The van der Waals surface area contributed by atoms with Crippen molar-refractivity contribution in [3.8, 4) is 0 Å². The number of rotatable bonds is 3. The first-order valence-electron chi connectivity index (χ1n) is 7.34. The van der Waals surface area contributed by atoms with Gasteiger partial charge in [0, 0.05) is 0 Å². The van der Waals surface area contributed by atoms with Crippen LogP contribution in [0.15, 0.2) is 42.5 Å². The van der Waals surface area contributed by atoms with Gasteiger partial charge in [0.05, 0.1) is 23.5 Å². The smallest absolute Gasteiger partial charge is 0.224 e. The van der Waals surface area contributed by atoms with Crippen LogP contribution in [0.25, 0.3) is 10.8 Å². The van der Waals surface area contributed by atoms with Gasteiger partial charge >= 0.3 is 0 Å². The molecule has 0 spiro atoms. The fraction of sp³-hybridized carbons (Fsp3) is 0.353. The van der Waals surface area contributed by atoms with Crippen LogP contribution in [-0.2, 0) is 21.1 Å². The van der Waals surface area contributed by atoms with Gasteiger partial charge in [0.15, 0.2) is 9.84 Å². The molecule has 2 aromatic carbocycles. The van der Waals surface area contributed by atoms with Gasteiger partial charge in [0.2, 0.25) is 5.91 Å². The maximum atomic E-state index is 12.2. The van der Waals surface area contributed by atoms with E-state index >= 15 is 0 Å². The number of carbonyl (C=O) groups excluding carboxylic acids is 1. The lowest BCUT2D eigenvalue weighted by atomic mass is 10.0. The van der Waals surface area contributed by atoms with Gasteiger partial charge in [-0.25, -0.2) is 8.42 Å². The Balaban J connectivity index is 1.71. The molecule has 1 N–H and O–H groups in total. The standard InChI is InChI=1S/C17H19NO3S/c1-17(8-9-22(20,21)12-17)18-16(19)11-13-6-7-14-4-2-3-5-15(14)10-13/h2-7,10H,8-9,11-12H2,1H3,(H,18,19). The minimum Gasteiger partial charge on any atom is -0.350 e. The molecule has 0 aliphatic carbocycles. The summed E-state index contributed by atoms with van der Waals surface area (Å²) in [6.45, 7) is 1.80. The summed E-state index contributed by atoms with van der Waals surface area (Å²) in [5, 5.41) is 5.13. The molecule has 0 aromatic heterocycles. The summed E-state index contributed by atoms with van der Waals surface area (Å²) in [6, 6.07) is 13.9.